The highest BCUT2D eigenvalue weighted by molar-refractivity contribution is 5.89. The zero-order chi connectivity index (χ0) is 12.3. The quantitative estimate of drug-likeness (QED) is 0.804. The summed E-state index contributed by atoms with van der Waals surface area (Å²) >= 11 is 0. The van der Waals surface area contributed by atoms with E-state index in [4.69, 9.17) is 9.47 Å². The summed E-state index contributed by atoms with van der Waals surface area (Å²) in [5.41, 5.74) is 1.64. The minimum absolute atomic E-state index is 0.181. The van der Waals surface area contributed by atoms with Crippen LogP contribution in [0.25, 0.3) is 0 Å². The third-order valence-corrected chi connectivity index (χ3v) is 2.75. The molecule has 4 nitrogen and oxygen atoms in total. The Kier molecular flexibility index (Phi) is 3.76. The van der Waals surface area contributed by atoms with E-state index in [0.29, 0.717) is 18.6 Å². The van der Waals surface area contributed by atoms with E-state index in [-0.39, 0.29) is 18.7 Å². The minimum atomic E-state index is -0.432. The van der Waals surface area contributed by atoms with Crippen LogP contribution in [0.1, 0.15) is 22.3 Å². The lowest BCUT2D eigenvalue weighted by atomic mass is 10.1. The number of ether oxygens (including phenoxy) is 2. The summed E-state index contributed by atoms with van der Waals surface area (Å²) in [6, 6.07) is 7.21. The molecule has 0 saturated carbocycles. The molecule has 2 rings (SSSR count). The van der Waals surface area contributed by atoms with Crippen molar-refractivity contribution in [2.45, 2.75) is 25.6 Å². The van der Waals surface area contributed by atoms with Gasteiger partial charge in [-0.15, -0.1) is 0 Å². The highest BCUT2D eigenvalue weighted by Crippen LogP contribution is 2.14. The first-order chi connectivity index (χ1) is 8.15. The van der Waals surface area contributed by atoms with E-state index < -0.39 is 6.10 Å². The van der Waals surface area contributed by atoms with Gasteiger partial charge in [0, 0.05) is 6.42 Å². The van der Waals surface area contributed by atoms with Crippen molar-refractivity contribution in [2.24, 2.45) is 0 Å². The van der Waals surface area contributed by atoms with Gasteiger partial charge in [-0.2, -0.15) is 0 Å². The summed E-state index contributed by atoms with van der Waals surface area (Å²) in [6.07, 6.45) is -0.0845. The van der Waals surface area contributed by atoms with Crippen LogP contribution in [0.15, 0.2) is 24.3 Å². The summed E-state index contributed by atoms with van der Waals surface area (Å²) < 4.78 is 10.4. The Morgan fingerprint density at radius 1 is 1.47 bits per heavy atom. The maximum Gasteiger partial charge on any atom is 0.338 e. The summed E-state index contributed by atoms with van der Waals surface area (Å²) in [4.78, 5) is 11.7. The molecule has 2 atom stereocenters. The monoisotopic (exact) mass is 236 g/mol. The van der Waals surface area contributed by atoms with E-state index in [9.17, 15) is 9.90 Å². The Balaban J connectivity index is 1.83. The topological polar surface area (TPSA) is 55.8 Å². The van der Waals surface area contributed by atoms with Gasteiger partial charge in [-0.25, -0.2) is 4.79 Å². The van der Waals surface area contributed by atoms with E-state index in [0.717, 1.165) is 5.56 Å². The Labute approximate surface area is 100 Å². The lowest BCUT2D eigenvalue weighted by Gasteiger charge is -2.10. The van der Waals surface area contributed by atoms with Crippen LogP contribution in [0.4, 0.5) is 0 Å². The first-order valence-corrected chi connectivity index (χ1v) is 5.68. The van der Waals surface area contributed by atoms with Crippen LogP contribution in [0.2, 0.25) is 0 Å². The third-order valence-electron chi connectivity index (χ3n) is 2.75. The molecule has 0 spiro atoms. The number of rotatable bonds is 3. The molecule has 1 aromatic carbocycles. The van der Waals surface area contributed by atoms with Gasteiger partial charge in [0.2, 0.25) is 0 Å². The standard InChI is InChI=1S/C13H16O4/c1-9-2-4-10(5-3-9)13(15)17-8-12-6-11(14)7-16-12/h2-5,11-12,14H,6-8H2,1H3. The predicted molar refractivity (Wildman–Crippen MR) is 61.8 cm³/mol. The van der Waals surface area contributed by atoms with Crippen LogP contribution < -0.4 is 0 Å². The number of esters is 1. The predicted octanol–water partition coefficient (Wildman–Crippen LogP) is 1.30. The molecular formula is C13H16O4. The second-order valence-corrected chi connectivity index (χ2v) is 4.31. The average Bonchev–Trinajstić information content (AvgIpc) is 2.73. The van der Waals surface area contributed by atoms with Gasteiger partial charge in [0.15, 0.2) is 0 Å². The number of benzene rings is 1. The van der Waals surface area contributed by atoms with Crippen molar-refractivity contribution in [2.75, 3.05) is 13.2 Å². The van der Waals surface area contributed by atoms with Crippen LogP contribution >= 0.6 is 0 Å². The molecule has 1 N–H and O–H groups in total. The van der Waals surface area contributed by atoms with Crippen LogP contribution in [0.5, 0.6) is 0 Å². The first kappa shape index (κ1) is 12.1. The fraction of sp³-hybridized carbons (Fsp3) is 0.462. The molecule has 2 unspecified atom stereocenters. The molecule has 0 aromatic heterocycles. The molecule has 4 heteroatoms. The van der Waals surface area contributed by atoms with Crippen molar-refractivity contribution < 1.29 is 19.4 Å². The van der Waals surface area contributed by atoms with E-state index in [1.165, 1.54) is 0 Å². The summed E-state index contributed by atoms with van der Waals surface area (Å²) in [5.74, 6) is -0.352. The first-order valence-electron chi connectivity index (χ1n) is 5.68. The molecule has 0 amide bonds. The number of aryl methyl sites for hydroxylation is 1. The fourth-order valence-electron chi connectivity index (χ4n) is 1.74. The summed E-state index contributed by atoms with van der Waals surface area (Å²) in [7, 11) is 0. The number of hydrogen-bond donors (Lipinski definition) is 1. The van der Waals surface area contributed by atoms with Crippen LogP contribution in [0.3, 0.4) is 0 Å². The zero-order valence-electron chi connectivity index (χ0n) is 9.76. The van der Waals surface area contributed by atoms with Crippen molar-refractivity contribution in [1.82, 2.24) is 0 Å². The van der Waals surface area contributed by atoms with Gasteiger partial charge < -0.3 is 14.6 Å². The highest BCUT2D eigenvalue weighted by Gasteiger charge is 2.24. The van der Waals surface area contributed by atoms with Gasteiger partial charge in [-0.1, -0.05) is 17.7 Å². The van der Waals surface area contributed by atoms with Gasteiger partial charge in [-0.3, -0.25) is 0 Å². The molecule has 1 aromatic rings. The van der Waals surface area contributed by atoms with Gasteiger partial charge in [0.05, 0.1) is 24.4 Å². The molecule has 1 aliphatic heterocycles. The third kappa shape index (κ3) is 3.28. The smallest absolute Gasteiger partial charge is 0.338 e. The van der Waals surface area contributed by atoms with E-state index in [1.807, 2.05) is 19.1 Å². The maximum atomic E-state index is 11.7. The van der Waals surface area contributed by atoms with Crippen molar-refractivity contribution in [3.05, 3.63) is 35.4 Å². The Hall–Kier alpha value is -1.39. The van der Waals surface area contributed by atoms with E-state index in [2.05, 4.69) is 0 Å². The molecule has 0 bridgehead atoms. The summed E-state index contributed by atoms with van der Waals surface area (Å²) in [5, 5.41) is 9.25. The molecule has 17 heavy (non-hydrogen) atoms. The number of aliphatic hydroxyl groups excluding tert-OH is 1. The second kappa shape index (κ2) is 5.29. The number of carbonyl (C=O) groups excluding carboxylic acids is 1. The van der Waals surface area contributed by atoms with Crippen molar-refractivity contribution in [3.8, 4) is 0 Å². The Morgan fingerprint density at radius 2 is 2.18 bits per heavy atom. The van der Waals surface area contributed by atoms with Crippen molar-refractivity contribution in [3.63, 3.8) is 0 Å². The fourth-order valence-corrected chi connectivity index (χ4v) is 1.74. The van der Waals surface area contributed by atoms with Gasteiger partial charge in [0.25, 0.3) is 0 Å². The number of aliphatic hydroxyl groups is 1. The Morgan fingerprint density at radius 3 is 2.76 bits per heavy atom. The summed E-state index contributed by atoms with van der Waals surface area (Å²) in [6.45, 7) is 2.49. The molecule has 0 aliphatic carbocycles. The van der Waals surface area contributed by atoms with E-state index >= 15 is 0 Å². The molecule has 1 fully saturated rings. The molecule has 1 saturated heterocycles. The maximum absolute atomic E-state index is 11.7. The van der Waals surface area contributed by atoms with E-state index in [1.54, 1.807) is 12.1 Å². The van der Waals surface area contributed by atoms with Crippen LogP contribution in [0, 0.1) is 6.92 Å². The van der Waals surface area contributed by atoms with Crippen LogP contribution in [-0.4, -0.2) is 36.5 Å². The number of hydrogen-bond acceptors (Lipinski definition) is 4. The highest BCUT2D eigenvalue weighted by atomic mass is 16.6. The minimum Gasteiger partial charge on any atom is -0.459 e. The lowest BCUT2D eigenvalue weighted by Crippen LogP contribution is -2.18. The molecule has 1 aliphatic rings. The molecule has 0 radical (unpaired) electrons. The lowest BCUT2D eigenvalue weighted by molar-refractivity contribution is 0.0147. The largest absolute Gasteiger partial charge is 0.459 e. The van der Waals surface area contributed by atoms with Gasteiger partial charge >= 0.3 is 5.97 Å². The Bertz CT molecular complexity index is 385. The second-order valence-electron chi connectivity index (χ2n) is 4.31. The molecular weight excluding hydrogens is 220 g/mol. The van der Waals surface area contributed by atoms with Crippen molar-refractivity contribution in [1.29, 1.82) is 0 Å². The van der Waals surface area contributed by atoms with Gasteiger partial charge in [0.1, 0.15) is 6.61 Å². The average molecular weight is 236 g/mol. The molecule has 1 heterocycles. The molecule has 92 valence electrons. The SMILES string of the molecule is Cc1ccc(C(=O)OCC2CC(O)CO2)cc1. The zero-order valence-corrected chi connectivity index (χ0v) is 9.76. The van der Waals surface area contributed by atoms with Crippen molar-refractivity contribution >= 4 is 5.97 Å². The van der Waals surface area contributed by atoms with Crippen LogP contribution in [-0.2, 0) is 9.47 Å². The van der Waals surface area contributed by atoms with Gasteiger partial charge in [-0.05, 0) is 19.1 Å². The number of carbonyl (C=O) groups is 1. The normalized spacial score (nSPS) is 23.6.